The Morgan fingerprint density at radius 1 is 1.45 bits per heavy atom. The Hall–Kier alpha value is -2.70. The van der Waals surface area contributed by atoms with Crippen LogP contribution in [0.4, 0.5) is 0 Å². The third-order valence-corrected chi connectivity index (χ3v) is 2.96. The average Bonchev–Trinajstić information content (AvgIpc) is 3.04. The van der Waals surface area contributed by atoms with Gasteiger partial charge in [-0.2, -0.15) is 5.10 Å². The minimum atomic E-state index is -0.156. The largest absolute Gasteiger partial charge is 0.352 e. The van der Waals surface area contributed by atoms with E-state index in [9.17, 15) is 4.79 Å². The molecule has 0 spiro atoms. The summed E-state index contributed by atoms with van der Waals surface area (Å²) in [5.74, 6) is -0.156. The number of fused-ring (bicyclic) bond motifs is 1. The number of nitrogens with one attached hydrogen (secondary N) is 2. The molecule has 3 rings (SSSR count). The van der Waals surface area contributed by atoms with Gasteiger partial charge in [0, 0.05) is 31.5 Å². The fourth-order valence-electron chi connectivity index (χ4n) is 2.01. The van der Waals surface area contributed by atoms with Gasteiger partial charge >= 0.3 is 0 Å². The molecular weight excluding hydrogens is 256 g/mol. The maximum Gasteiger partial charge on any atom is 0.255 e. The van der Waals surface area contributed by atoms with Gasteiger partial charge in [-0.15, -0.1) is 0 Å². The average molecular weight is 270 g/mol. The standard InChI is InChI=1S/C13H14N6O/c1-3-14-13(20)9-5-15-12-11(9)18-10(6-16-12)8-4-17-19(2)7-8/h4-7H,3H2,1-2H3,(H,14,20)(H,15,16). The van der Waals surface area contributed by atoms with Crippen LogP contribution in [0.2, 0.25) is 0 Å². The molecule has 102 valence electrons. The first kappa shape index (κ1) is 12.3. The first-order chi connectivity index (χ1) is 9.69. The summed E-state index contributed by atoms with van der Waals surface area (Å²) < 4.78 is 1.70. The van der Waals surface area contributed by atoms with E-state index >= 15 is 0 Å². The third-order valence-electron chi connectivity index (χ3n) is 2.96. The number of rotatable bonds is 3. The maximum atomic E-state index is 12.0. The van der Waals surface area contributed by atoms with E-state index in [-0.39, 0.29) is 5.91 Å². The van der Waals surface area contributed by atoms with E-state index in [1.165, 1.54) is 0 Å². The molecule has 0 unspecified atom stereocenters. The van der Waals surface area contributed by atoms with Crippen LogP contribution in [0.25, 0.3) is 22.4 Å². The Balaban J connectivity index is 2.09. The van der Waals surface area contributed by atoms with Crippen LogP contribution >= 0.6 is 0 Å². The molecule has 1 amide bonds. The Kier molecular flexibility index (Phi) is 2.94. The molecule has 0 aromatic carbocycles. The zero-order valence-electron chi connectivity index (χ0n) is 11.2. The lowest BCUT2D eigenvalue weighted by Gasteiger charge is -2.00. The summed E-state index contributed by atoms with van der Waals surface area (Å²) in [5.41, 5.74) is 3.22. The number of aromatic amines is 1. The smallest absolute Gasteiger partial charge is 0.255 e. The van der Waals surface area contributed by atoms with Gasteiger partial charge < -0.3 is 10.3 Å². The summed E-state index contributed by atoms with van der Waals surface area (Å²) in [6.45, 7) is 2.45. The van der Waals surface area contributed by atoms with Gasteiger partial charge in [0.25, 0.3) is 5.91 Å². The maximum absolute atomic E-state index is 12.0. The van der Waals surface area contributed by atoms with Crippen molar-refractivity contribution in [3.63, 3.8) is 0 Å². The number of carbonyl (C=O) groups excluding carboxylic acids is 1. The van der Waals surface area contributed by atoms with E-state index in [0.29, 0.717) is 29.0 Å². The second-order valence-electron chi connectivity index (χ2n) is 4.42. The van der Waals surface area contributed by atoms with Gasteiger partial charge in [-0.1, -0.05) is 0 Å². The van der Waals surface area contributed by atoms with Crippen LogP contribution in [0.3, 0.4) is 0 Å². The summed E-state index contributed by atoms with van der Waals surface area (Å²) in [6, 6.07) is 0. The van der Waals surface area contributed by atoms with Crippen molar-refractivity contribution in [1.29, 1.82) is 0 Å². The molecule has 2 N–H and O–H groups in total. The lowest BCUT2D eigenvalue weighted by Crippen LogP contribution is -2.22. The molecule has 0 saturated carbocycles. The van der Waals surface area contributed by atoms with Gasteiger partial charge in [0.1, 0.15) is 5.52 Å². The quantitative estimate of drug-likeness (QED) is 0.746. The highest BCUT2D eigenvalue weighted by atomic mass is 16.1. The lowest BCUT2D eigenvalue weighted by atomic mass is 10.2. The van der Waals surface area contributed by atoms with Crippen LogP contribution in [0.5, 0.6) is 0 Å². The zero-order valence-corrected chi connectivity index (χ0v) is 11.2. The first-order valence-electron chi connectivity index (χ1n) is 6.30. The normalized spacial score (nSPS) is 10.9. The number of hydrogen-bond acceptors (Lipinski definition) is 4. The molecule has 0 aliphatic rings. The highest BCUT2D eigenvalue weighted by molar-refractivity contribution is 6.04. The van der Waals surface area contributed by atoms with Crippen molar-refractivity contribution in [2.24, 2.45) is 7.05 Å². The van der Waals surface area contributed by atoms with Gasteiger partial charge in [0.05, 0.1) is 23.7 Å². The van der Waals surface area contributed by atoms with E-state index in [0.717, 1.165) is 5.56 Å². The molecule has 0 radical (unpaired) electrons. The van der Waals surface area contributed by atoms with Crippen LogP contribution in [-0.4, -0.2) is 37.2 Å². The minimum Gasteiger partial charge on any atom is -0.352 e. The van der Waals surface area contributed by atoms with E-state index in [1.54, 1.807) is 23.3 Å². The van der Waals surface area contributed by atoms with Gasteiger partial charge in [-0.05, 0) is 6.92 Å². The zero-order chi connectivity index (χ0) is 14.1. The Bertz CT molecular complexity index is 772. The monoisotopic (exact) mass is 270 g/mol. The molecule has 0 fully saturated rings. The van der Waals surface area contributed by atoms with E-state index in [1.807, 2.05) is 20.2 Å². The molecule has 3 aromatic heterocycles. The van der Waals surface area contributed by atoms with E-state index in [2.05, 4.69) is 25.4 Å². The molecule has 7 nitrogen and oxygen atoms in total. The molecule has 0 atom stereocenters. The molecule has 20 heavy (non-hydrogen) atoms. The number of H-pyrrole nitrogens is 1. The number of carbonyl (C=O) groups is 1. The molecule has 3 aromatic rings. The van der Waals surface area contributed by atoms with Gasteiger partial charge in [0.15, 0.2) is 5.65 Å². The second-order valence-corrected chi connectivity index (χ2v) is 4.42. The lowest BCUT2D eigenvalue weighted by molar-refractivity contribution is 0.0957. The number of amides is 1. The van der Waals surface area contributed by atoms with Gasteiger partial charge in [-0.3, -0.25) is 9.48 Å². The van der Waals surface area contributed by atoms with Crippen molar-refractivity contribution >= 4 is 17.1 Å². The van der Waals surface area contributed by atoms with Crippen molar-refractivity contribution in [2.75, 3.05) is 6.54 Å². The summed E-state index contributed by atoms with van der Waals surface area (Å²) in [4.78, 5) is 23.7. The molecule has 3 heterocycles. The fourth-order valence-corrected chi connectivity index (χ4v) is 2.01. The first-order valence-corrected chi connectivity index (χ1v) is 6.30. The second kappa shape index (κ2) is 4.76. The van der Waals surface area contributed by atoms with Crippen LogP contribution < -0.4 is 5.32 Å². The fraction of sp³-hybridized carbons (Fsp3) is 0.231. The predicted molar refractivity (Wildman–Crippen MR) is 74.1 cm³/mol. The molecule has 0 aliphatic heterocycles. The van der Waals surface area contributed by atoms with E-state index < -0.39 is 0 Å². The summed E-state index contributed by atoms with van der Waals surface area (Å²) in [7, 11) is 1.84. The highest BCUT2D eigenvalue weighted by Crippen LogP contribution is 2.20. The Morgan fingerprint density at radius 2 is 2.30 bits per heavy atom. The van der Waals surface area contributed by atoms with E-state index in [4.69, 9.17) is 0 Å². The Morgan fingerprint density at radius 3 is 3.00 bits per heavy atom. The van der Waals surface area contributed by atoms with Crippen molar-refractivity contribution in [3.05, 3.63) is 30.4 Å². The topological polar surface area (TPSA) is 88.5 Å². The van der Waals surface area contributed by atoms with Crippen LogP contribution in [0, 0.1) is 0 Å². The molecule has 0 saturated heterocycles. The van der Waals surface area contributed by atoms with Crippen LogP contribution in [-0.2, 0) is 7.05 Å². The van der Waals surface area contributed by atoms with Crippen molar-refractivity contribution in [1.82, 2.24) is 30.0 Å². The minimum absolute atomic E-state index is 0.156. The molecule has 0 aliphatic carbocycles. The number of aromatic nitrogens is 5. The van der Waals surface area contributed by atoms with Crippen molar-refractivity contribution < 1.29 is 4.79 Å². The van der Waals surface area contributed by atoms with Crippen molar-refractivity contribution in [2.45, 2.75) is 6.92 Å². The predicted octanol–water partition coefficient (Wildman–Crippen LogP) is 1.11. The number of aryl methyl sites for hydroxylation is 1. The van der Waals surface area contributed by atoms with Gasteiger partial charge in [0.2, 0.25) is 0 Å². The summed E-state index contributed by atoms with van der Waals surface area (Å²) >= 11 is 0. The van der Waals surface area contributed by atoms with Crippen molar-refractivity contribution in [3.8, 4) is 11.3 Å². The SMILES string of the molecule is CCNC(=O)c1c[nH]c2ncc(-c3cnn(C)c3)nc12. The molecular formula is C13H14N6O. The molecule has 7 heteroatoms. The number of hydrogen-bond donors (Lipinski definition) is 2. The third kappa shape index (κ3) is 2.03. The number of nitrogens with zero attached hydrogens (tertiary/aromatic N) is 4. The van der Waals surface area contributed by atoms with Crippen LogP contribution in [0.1, 0.15) is 17.3 Å². The van der Waals surface area contributed by atoms with Gasteiger partial charge in [-0.25, -0.2) is 9.97 Å². The summed E-state index contributed by atoms with van der Waals surface area (Å²) in [5, 5.41) is 6.87. The highest BCUT2D eigenvalue weighted by Gasteiger charge is 2.14. The summed E-state index contributed by atoms with van der Waals surface area (Å²) in [6.07, 6.45) is 6.86. The Labute approximate surface area is 115 Å². The van der Waals surface area contributed by atoms with Crippen LogP contribution in [0.15, 0.2) is 24.8 Å². The molecule has 0 bridgehead atoms.